The number of hydrogen-bond donors (Lipinski definition) is 4. The fourth-order valence-electron chi connectivity index (χ4n) is 4.11. The van der Waals surface area contributed by atoms with Gasteiger partial charge in [0.25, 0.3) is 0 Å². The van der Waals surface area contributed by atoms with Gasteiger partial charge < -0.3 is 48.8 Å². The van der Waals surface area contributed by atoms with Gasteiger partial charge in [-0.25, -0.2) is 0 Å². The van der Waals surface area contributed by atoms with Crippen LogP contribution in [-0.4, -0.2) is 110 Å². The monoisotopic (exact) mass is 744 g/mol. The van der Waals surface area contributed by atoms with Crippen molar-refractivity contribution in [1.82, 2.24) is 0 Å². The third-order valence-corrected chi connectivity index (χ3v) is 8.00. The summed E-state index contributed by atoms with van der Waals surface area (Å²) >= 11 is 0. The summed E-state index contributed by atoms with van der Waals surface area (Å²) in [4.78, 5) is 76.5. The molecule has 0 saturated carbocycles. The second kappa shape index (κ2) is 19.4. The Morgan fingerprint density at radius 2 is 0.925 bits per heavy atom. The molecule has 0 aliphatic heterocycles. The predicted molar refractivity (Wildman–Crippen MR) is 186 cm³/mol. The molecule has 0 radical (unpaired) electrons. The molecule has 2 aromatic carbocycles. The Balaban J connectivity index is 2.50. The minimum Gasteiger partial charge on any atom is -0.493 e. The van der Waals surface area contributed by atoms with Gasteiger partial charge in [-0.3, -0.25) is 28.8 Å². The second-order valence-corrected chi connectivity index (χ2v) is 12.4. The summed E-state index contributed by atoms with van der Waals surface area (Å²) in [6, 6.07) is 8.35. The van der Waals surface area contributed by atoms with Gasteiger partial charge in [-0.1, -0.05) is 24.3 Å². The summed E-state index contributed by atoms with van der Waals surface area (Å²) in [7, 11) is 2.58. The zero-order chi connectivity index (χ0) is 40.0. The molecule has 0 atom stereocenters. The summed E-state index contributed by atoms with van der Waals surface area (Å²) < 4.78 is 31.4. The molecule has 0 amide bonds. The van der Waals surface area contributed by atoms with Crippen LogP contribution in [0.3, 0.4) is 0 Å². The largest absolute Gasteiger partial charge is 0.493 e. The standard InChI is InChI=1S/C37H44O16/c1-23(42)50-21-37(22-51-24(2)43,31(44)13-9-25-7-11-27(29(15-25)48-5)52-33(46)35(3,17-38)18-39)32(45)14-10-26-8-12-28(30(16-26)49-6)53-34(47)36(4,19-40)20-41/h7-16,38-41H,17-22H2,1-6H3/b13-9+,14-10+. The Hall–Kier alpha value is -5.42. The van der Waals surface area contributed by atoms with Crippen molar-refractivity contribution in [3.8, 4) is 23.0 Å². The third kappa shape index (κ3) is 11.3. The smallest absolute Gasteiger partial charge is 0.322 e. The van der Waals surface area contributed by atoms with Gasteiger partial charge in [-0.15, -0.1) is 0 Å². The van der Waals surface area contributed by atoms with E-state index in [1.807, 2.05) is 0 Å². The third-order valence-electron chi connectivity index (χ3n) is 8.00. The molecule has 0 aromatic heterocycles. The van der Waals surface area contributed by atoms with E-state index in [2.05, 4.69) is 0 Å². The highest BCUT2D eigenvalue weighted by Crippen LogP contribution is 2.33. The summed E-state index contributed by atoms with van der Waals surface area (Å²) in [5, 5.41) is 38.0. The summed E-state index contributed by atoms with van der Waals surface area (Å²) in [6.45, 7) is 0.402. The zero-order valence-corrected chi connectivity index (χ0v) is 30.2. The number of hydrogen-bond acceptors (Lipinski definition) is 16. The molecule has 0 heterocycles. The molecule has 0 saturated heterocycles. The number of allylic oxidation sites excluding steroid dienone is 2. The van der Waals surface area contributed by atoms with E-state index in [4.69, 9.17) is 28.4 Å². The molecule has 0 unspecified atom stereocenters. The Kier molecular flexibility index (Phi) is 16.0. The van der Waals surface area contributed by atoms with Crippen molar-refractivity contribution in [1.29, 1.82) is 0 Å². The number of rotatable bonds is 20. The van der Waals surface area contributed by atoms with E-state index in [0.29, 0.717) is 11.1 Å². The lowest BCUT2D eigenvalue weighted by Gasteiger charge is -2.27. The van der Waals surface area contributed by atoms with Crippen LogP contribution in [0.2, 0.25) is 0 Å². The zero-order valence-electron chi connectivity index (χ0n) is 30.2. The molecular weight excluding hydrogens is 700 g/mol. The Morgan fingerprint density at radius 1 is 0.585 bits per heavy atom. The van der Waals surface area contributed by atoms with E-state index in [1.165, 1.54) is 76.6 Å². The molecule has 0 aliphatic rings. The van der Waals surface area contributed by atoms with Crippen molar-refractivity contribution in [3.63, 3.8) is 0 Å². The molecule has 53 heavy (non-hydrogen) atoms. The van der Waals surface area contributed by atoms with Gasteiger partial charge in [0.15, 0.2) is 40.0 Å². The molecule has 4 N–H and O–H groups in total. The van der Waals surface area contributed by atoms with E-state index in [-0.39, 0.29) is 23.0 Å². The molecule has 2 rings (SSSR count). The first kappa shape index (κ1) is 43.7. The van der Waals surface area contributed by atoms with E-state index in [0.717, 1.165) is 26.0 Å². The minimum atomic E-state index is -2.25. The Labute approximate surface area is 305 Å². The molecule has 16 heteroatoms. The van der Waals surface area contributed by atoms with Gasteiger partial charge in [-0.05, 0) is 61.4 Å². The predicted octanol–water partition coefficient (Wildman–Crippen LogP) is 1.47. The Bertz CT molecular complexity index is 1590. The molecule has 16 nitrogen and oxygen atoms in total. The maximum Gasteiger partial charge on any atom is 0.322 e. The molecular formula is C37H44O16. The fraction of sp³-hybridized carbons (Fsp3) is 0.405. The maximum atomic E-state index is 13.9. The SMILES string of the molecule is COc1cc(/C=C/C(=O)C(COC(C)=O)(COC(C)=O)C(=O)/C=C/c2ccc(OC(=O)C(C)(CO)CO)c(OC)c2)ccc1OC(=O)C(C)(CO)CO. The van der Waals surface area contributed by atoms with E-state index in [1.54, 1.807) is 0 Å². The number of carbonyl (C=O) groups is 6. The fourth-order valence-corrected chi connectivity index (χ4v) is 4.11. The normalized spacial score (nSPS) is 12.0. The van der Waals surface area contributed by atoms with Crippen LogP contribution in [0.15, 0.2) is 48.6 Å². The molecule has 0 bridgehead atoms. The van der Waals surface area contributed by atoms with Gasteiger partial charge in [0.05, 0.1) is 40.6 Å². The number of aliphatic hydroxyl groups is 4. The van der Waals surface area contributed by atoms with E-state index in [9.17, 15) is 49.2 Å². The first-order valence-corrected chi connectivity index (χ1v) is 15.9. The lowest BCUT2D eigenvalue weighted by molar-refractivity contribution is -0.158. The van der Waals surface area contributed by atoms with Gasteiger partial charge in [0.1, 0.15) is 24.0 Å². The maximum absolute atomic E-state index is 13.9. The van der Waals surface area contributed by atoms with Crippen molar-refractivity contribution in [2.24, 2.45) is 16.2 Å². The first-order valence-electron chi connectivity index (χ1n) is 15.9. The quantitative estimate of drug-likeness (QED) is 0.0650. The lowest BCUT2D eigenvalue weighted by atomic mass is 9.79. The number of methoxy groups -OCH3 is 2. The average molecular weight is 745 g/mol. The van der Waals surface area contributed by atoms with Gasteiger partial charge in [0, 0.05) is 13.8 Å². The van der Waals surface area contributed by atoms with Crippen LogP contribution in [0.1, 0.15) is 38.8 Å². The molecule has 288 valence electrons. The van der Waals surface area contributed by atoms with Crippen LogP contribution >= 0.6 is 0 Å². The second-order valence-electron chi connectivity index (χ2n) is 12.4. The van der Waals surface area contributed by atoms with Crippen molar-refractivity contribution >= 4 is 47.6 Å². The molecule has 0 aliphatic carbocycles. The average Bonchev–Trinajstić information content (AvgIpc) is 3.15. The van der Waals surface area contributed by atoms with Crippen LogP contribution in [0, 0.1) is 16.2 Å². The summed E-state index contributed by atoms with van der Waals surface area (Å²) in [5.41, 5.74) is -4.77. The van der Waals surface area contributed by atoms with Crippen LogP contribution in [0.25, 0.3) is 12.2 Å². The van der Waals surface area contributed by atoms with Gasteiger partial charge >= 0.3 is 23.9 Å². The molecule has 2 aromatic rings. The highest BCUT2D eigenvalue weighted by molar-refractivity contribution is 6.18. The van der Waals surface area contributed by atoms with Gasteiger partial charge in [0.2, 0.25) is 0 Å². The van der Waals surface area contributed by atoms with E-state index >= 15 is 0 Å². The van der Waals surface area contributed by atoms with E-state index < -0.39 is 91.3 Å². The minimum absolute atomic E-state index is 0.0447. The van der Waals surface area contributed by atoms with Gasteiger partial charge in [-0.2, -0.15) is 0 Å². The van der Waals surface area contributed by atoms with Crippen molar-refractivity contribution in [2.45, 2.75) is 27.7 Å². The van der Waals surface area contributed by atoms with Crippen LogP contribution in [0.4, 0.5) is 0 Å². The topological polar surface area (TPSA) is 239 Å². The number of ether oxygens (including phenoxy) is 6. The highest BCUT2D eigenvalue weighted by atomic mass is 16.6. The van der Waals surface area contributed by atoms with Crippen molar-refractivity contribution in [3.05, 3.63) is 59.7 Å². The number of esters is 4. The van der Waals surface area contributed by atoms with Crippen LogP contribution < -0.4 is 18.9 Å². The summed E-state index contributed by atoms with van der Waals surface area (Å²) in [5.74, 6) is -5.34. The first-order chi connectivity index (χ1) is 25.0. The van der Waals surface area contributed by atoms with Crippen molar-refractivity contribution < 1.29 is 77.6 Å². The number of ketones is 2. The number of carbonyl (C=O) groups excluding carboxylic acids is 6. The lowest BCUT2D eigenvalue weighted by Crippen LogP contribution is -2.46. The molecule has 0 fully saturated rings. The van der Waals surface area contributed by atoms with Crippen molar-refractivity contribution in [2.75, 3.05) is 53.9 Å². The summed E-state index contributed by atoms with van der Waals surface area (Å²) in [6.07, 6.45) is 4.59. The van der Waals surface area contributed by atoms with Crippen LogP contribution in [0.5, 0.6) is 23.0 Å². The molecule has 0 spiro atoms. The Morgan fingerprint density at radius 3 is 1.21 bits per heavy atom. The van der Waals surface area contributed by atoms with Crippen LogP contribution in [-0.2, 0) is 38.2 Å². The highest BCUT2D eigenvalue weighted by Gasteiger charge is 2.46. The number of benzene rings is 2. The number of aliphatic hydroxyl groups excluding tert-OH is 4.